The van der Waals surface area contributed by atoms with E-state index < -0.39 is 17.7 Å². The van der Waals surface area contributed by atoms with Gasteiger partial charge in [0.1, 0.15) is 11.6 Å². The Morgan fingerprint density at radius 1 is 1.20 bits per heavy atom. The quantitative estimate of drug-likeness (QED) is 0.574. The summed E-state index contributed by atoms with van der Waals surface area (Å²) in [5, 5.41) is 16.9. The van der Waals surface area contributed by atoms with Crippen LogP contribution in [0.2, 0.25) is 0 Å². The molecule has 0 aliphatic carbocycles. The Morgan fingerprint density at radius 3 is 2.66 bits per heavy atom. The first kappa shape index (κ1) is 24.2. The normalized spacial score (nSPS) is 15.6. The molecule has 2 amide bonds. The third-order valence-corrected chi connectivity index (χ3v) is 5.96. The Bertz CT molecular complexity index is 1310. The van der Waals surface area contributed by atoms with Crippen molar-refractivity contribution < 1.29 is 14.7 Å². The highest BCUT2D eigenvalue weighted by molar-refractivity contribution is 6.00. The van der Waals surface area contributed by atoms with E-state index in [-0.39, 0.29) is 5.91 Å². The van der Waals surface area contributed by atoms with Crippen LogP contribution in [0, 0.1) is 18.8 Å². The van der Waals surface area contributed by atoms with Gasteiger partial charge in [0.25, 0.3) is 0 Å². The van der Waals surface area contributed by atoms with Gasteiger partial charge in [0.15, 0.2) is 0 Å². The standard InChI is InChI=1S/C28H30N4O3/c1-19-5-7-20(8-6-19)15-22-17-29-32(18-22)27(34)30-24-12-11-23-10-9-21(13-14-28(2,3)35)16-25(23)31(4)26(24)33/h5-10,16-18,24,35H,11-12,15H2,1-4H3,(H,30,34). The first-order valence-electron chi connectivity index (χ1n) is 11.6. The third kappa shape index (κ3) is 5.97. The molecule has 3 aromatic rings. The number of aromatic nitrogens is 2. The molecule has 4 rings (SSSR count). The van der Waals surface area contributed by atoms with Crippen molar-refractivity contribution in [1.82, 2.24) is 15.1 Å². The summed E-state index contributed by atoms with van der Waals surface area (Å²) in [6, 6.07) is 12.8. The molecule has 1 atom stereocenters. The number of fused-ring (bicyclic) bond motifs is 1. The minimum atomic E-state index is -1.10. The molecule has 0 bridgehead atoms. The van der Waals surface area contributed by atoms with Crippen molar-refractivity contribution in [2.24, 2.45) is 0 Å². The highest BCUT2D eigenvalue weighted by Gasteiger charge is 2.30. The van der Waals surface area contributed by atoms with Gasteiger partial charge in [-0.25, -0.2) is 4.79 Å². The van der Waals surface area contributed by atoms with Gasteiger partial charge in [-0.1, -0.05) is 47.7 Å². The molecule has 0 radical (unpaired) electrons. The van der Waals surface area contributed by atoms with Crippen molar-refractivity contribution in [1.29, 1.82) is 0 Å². The Balaban J connectivity index is 1.45. The number of anilines is 1. The van der Waals surface area contributed by atoms with Gasteiger partial charge in [0, 0.05) is 30.9 Å². The molecule has 2 N–H and O–H groups in total. The fourth-order valence-electron chi connectivity index (χ4n) is 4.02. The Hall–Kier alpha value is -3.89. The van der Waals surface area contributed by atoms with Gasteiger partial charge in [0.05, 0.1) is 6.20 Å². The van der Waals surface area contributed by atoms with Crippen LogP contribution in [0.1, 0.15) is 48.1 Å². The highest BCUT2D eigenvalue weighted by atomic mass is 16.3. The smallest absolute Gasteiger partial charge is 0.342 e. The zero-order valence-corrected chi connectivity index (χ0v) is 20.5. The molecule has 2 heterocycles. The number of amides is 2. The Labute approximate surface area is 205 Å². The molecule has 2 aromatic carbocycles. The van der Waals surface area contributed by atoms with Crippen LogP contribution in [-0.2, 0) is 17.6 Å². The first-order chi connectivity index (χ1) is 16.6. The van der Waals surface area contributed by atoms with E-state index in [4.69, 9.17) is 0 Å². The van der Waals surface area contributed by atoms with E-state index in [1.54, 1.807) is 38.2 Å². The van der Waals surface area contributed by atoms with E-state index in [0.29, 0.717) is 24.8 Å². The first-order valence-corrected chi connectivity index (χ1v) is 11.6. The lowest BCUT2D eigenvalue weighted by Gasteiger charge is -2.22. The molecule has 0 spiro atoms. The van der Waals surface area contributed by atoms with E-state index >= 15 is 0 Å². The molecule has 1 aromatic heterocycles. The number of hydrogen-bond acceptors (Lipinski definition) is 4. The van der Waals surface area contributed by atoms with E-state index in [1.165, 1.54) is 10.2 Å². The van der Waals surface area contributed by atoms with E-state index in [1.807, 2.05) is 25.1 Å². The number of nitrogens with one attached hydrogen (secondary N) is 1. The van der Waals surface area contributed by atoms with Crippen molar-refractivity contribution in [3.63, 3.8) is 0 Å². The second kappa shape index (κ2) is 9.77. The van der Waals surface area contributed by atoms with Crippen LogP contribution in [-0.4, -0.2) is 45.5 Å². The summed E-state index contributed by atoms with van der Waals surface area (Å²) in [6.45, 7) is 5.29. The fourth-order valence-corrected chi connectivity index (χ4v) is 4.02. The van der Waals surface area contributed by atoms with Crippen LogP contribution in [0.5, 0.6) is 0 Å². The highest BCUT2D eigenvalue weighted by Crippen LogP contribution is 2.27. The number of nitrogens with zero attached hydrogens (tertiary/aromatic N) is 3. The van der Waals surface area contributed by atoms with Crippen molar-refractivity contribution in [3.8, 4) is 11.8 Å². The maximum Gasteiger partial charge on any atom is 0.342 e. The largest absolute Gasteiger partial charge is 0.378 e. The molecule has 7 heteroatoms. The summed E-state index contributed by atoms with van der Waals surface area (Å²) >= 11 is 0. The van der Waals surface area contributed by atoms with E-state index in [0.717, 1.165) is 22.4 Å². The lowest BCUT2D eigenvalue weighted by molar-refractivity contribution is -0.120. The second-order valence-corrected chi connectivity index (χ2v) is 9.55. The monoisotopic (exact) mass is 470 g/mol. The number of benzene rings is 2. The number of carbonyl (C=O) groups excluding carboxylic acids is 2. The molecule has 1 aliphatic heterocycles. The molecule has 1 aliphatic rings. The SMILES string of the molecule is Cc1ccc(Cc2cnn(C(=O)NC3CCc4ccc(C#CC(C)(C)O)cc4N(C)C3=O)c2)cc1. The lowest BCUT2D eigenvalue weighted by atomic mass is 10.0. The van der Waals surface area contributed by atoms with Gasteiger partial charge in [-0.15, -0.1) is 0 Å². The summed E-state index contributed by atoms with van der Waals surface area (Å²) < 4.78 is 1.25. The van der Waals surface area contributed by atoms with Crippen LogP contribution in [0.4, 0.5) is 10.5 Å². The summed E-state index contributed by atoms with van der Waals surface area (Å²) in [6.07, 6.45) is 5.16. The maximum absolute atomic E-state index is 13.2. The molecule has 0 saturated carbocycles. The van der Waals surface area contributed by atoms with Gasteiger partial charge in [-0.2, -0.15) is 9.78 Å². The summed E-state index contributed by atoms with van der Waals surface area (Å²) in [7, 11) is 1.70. The van der Waals surface area contributed by atoms with Crippen molar-refractivity contribution in [3.05, 3.63) is 82.7 Å². The van der Waals surface area contributed by atoms with Gasteiger partial charge >= 0.3 is 6.03 Å². The van der Waals surface area contributed by atoms with Crippen LogP contribution in [0.15, 0.2) is 54.9 Å². The zero-order valence-electron chi connectivity index (χ0n) is 20.5. The number of hydrogen-bond donors (Lipinski definition) is 2. The van der Waals surface area contributed by atoms with Crippen molar-refractivity contribution >= 4 is 17.6 Å². The summed E-state index contributed by atoms with van der Waals surface area (Å²) in [5.41, 5.74) is 4.63. The van der Waals surface area contributed by atoms with Gasteiger partial charge in [-0.3, -0.25) is 4.79 Å². The van der Waals surface area contributed by atoms with Gasteiger partial charge < -0.3 is 15.3 Å². The maximum atomic E-state index is 13.2. The number of likely N-dealkylation sites (N-methyl/N-ethyl adjacent to an activating group) is 1. The van der Waals surface area contributed by atoms with Crippen molar-refractivity contribution in [2.75, 3.05) is 11.9 Å². The minimum absolute atomic E-state index is 0.197. The average molecular weight is 471 g/mol. The molecule has 7 nitrogen and oxygen atoms in total. The van der Waals surface area contributed by atoms with Crippen LogP contribution < -0.4 is 10.2 Å². The molecular weight excluding hydrogens is 440 g/mol. The average Bonchev–Trinajstić information content (AvgIpc) is 3.25. The summed E-state index contributed by atoms with van der Waals surface area (Å²) in [5.74, 6) is 5.56. The van der Waals surface area contributed by atoms with Crippen molar-refractivity contribution in [2.45, 2.75) is 51.7 Å². The molecular formula is C28H30N4O3. The zero-order chi connectivity index (χ0) is 25.2. The van der Waals surface area contributed by atoms with Crippen LogP contribution in [0.25, 0.3) is 0 Å². The van der Waals surface area contributed by atoms with E-state index in [9.17, 15) is 14.7 Å². The third-order valence-electron chi connectivity index (χ3n) is 5.96. The second-order valence-electron chi connectivity index (χ2n) is 9.55. The Morgan fingerprint density at radius 2 is 1.94 bits per heavy atom. The lowest BCUT2D eigenvalue weighted by Crippen LogP contribution is -2.48. The minimum Gasteiger partial charge on any atom is -0.378 e. The molecule has 0 saturated heterocycles. The number of aliphatic hydroxyl groups is 1. The molecule has 1 unspecified atom stereocenters. The van der Waals surface area contributed by atoms with Crippen LogP contribution in [0.3, 0.4) is 0 Å². The predicted octanol–water partition coefficient (Wildman–Crippen LogP) is 3.44. The fraction of sp³-hybridized carbons (Fsp3) is 0.321. The van der Waals surface area contributed by atoms with Gasteiger partial charge in [-0.05, 0) is 62.4 Å². The van der Waals surface area contributed by atoms with Gasteiger partial charge in [0.2, 0.25) is 5.91 Å². The Kier molecular flexibility index (Phi) is 6.77. The topological polar surface area (TPSA) is 87.5 Å². The molecule has 0 fully saturated rings. The number of rotatable bonds is 3. The van der Waals surface area contributed by atoms with E-state index in [2.05, 4.69) is 46.5 Å². The molecule has 35 heavy (non-hydrogen) atoms. The predicted molar refractivity (Wildman–Crippen MR) is 135 cm³/mol. The molecule has 180 valence electrons. The summed E-state index contributed by atoms with van der Waals surface area (Å²) in [4.78, 5) is 27.6. The van der Waals surface area contributed by atoms with Crippen LogP contribution >= 0.6 is 0 Å². The number of aryl methyl sites for hydroxylation is 2. The number of carbonyl (C=O) groups is 2.